The molecule has 0 radical (unpaired) electrons. The molecule has 0 saturated heterocycles. The van der Waals surface area contributed by atoms with Gasteiger partial charge in [-0.25, -0.2) is 4.79 Å². The van der Waals surface area contributed by atoms with Gasteiger partial charge in [-0.2, -0.15) is 0 Å². The number of benzene rings is 1. The Morgan fingerprint density at radius 2 is 2.11 bits per heavy atom. The number of hydrogen-bond acceptors (Lipinski definition) is 6. The second-order valence-electron chi connectivity index (χ2n) is 3.54. The van der Waals surface area contributed by atoms with Crippen LogP contribution in [0, 0.1) is 0 Å². The van der Waals surface area contributed by atoms with Crippen molar-refractivity contribution in [2.24, 2.45) is 0 Å². The lowest BCUT2D eigenvalue weighted by Crippen LogP contribution is -2.30. The highest BCUT2D eigenvalue weighted by atomic mass is 16.5. The van der Waals surface area contributed by atoms with E-state index >= 15 is 0 Å². The molecule has 1 aromatic carbocycles. The van der Waals surface area contributed by atoms with Crippen LogP contribution in [0.1, 0.15) is 28.9 Å². The van der Waals surface area contributed by atoms with E-state index in [-0.39, 0.29) is 23.5 Å². The Morgan fingerprint density at radius 3 is 2.67 bits per heavy atom. The molecule has 0 heterocycles. The largest absolute Gasteiger partial charge is 0.507 e. The van der Waals surface area contributed by atoms with Crippen LogP contribution in [0.4, 0.5) is 0 Å². The summed E-state index contributed by atoms with van der Waals surface area (Å²) in [6, 6.07) is 3.98. The molecule has 98 valence electrons. The van der Waals surface area contributed by atoms with E-state index in [2.05, 4.69) is 4.74 Å². The predicted octanol–water partition coefficient (Wildman–Crippen LogP) is 0.162. The zero-order chi connectivity index (χ0) is 13.7. The summed E-state index contributed by atoms with van der Waals surface area (Å²) >= 11 is 0. The van der Waals surface area contributed by atoms with Gasteiger partial charge in [0.15, 0.2) is 12.4 Å². The maximum atomic E-state index is 11.3. The number of carbonyl (C=O) groups excluding carboxylic acids is 2. The Kier molecular flexibility index (Phi) is 4.82. The van der Waals surface area contributed by atoms with Gasteiger partial charge in [0.25, 0.3) is 0 Å². The topological polar surface area (TPSA) is 104 Å². The van der Waals surface area contributed by atoms with Gasteiger partial charge in [-0.05, 0) is 18.6 Å². The van der Waals surface area contributed by atoms with Crippen molar-refractivity contribution in [3.63, 3.8) is 0 Å². The second-order valence-corrected chi connectivity index (χ2v) is 3.54. The number of ether oxygens (including phenoxy) is 1. The monoisotopic (exact) mass is 254 g/mol. The minimum atomic E-state index is -1.81. The van der Waals surface area contributed by atoms with Gasteiger partial charge in [0, 0.05) is 0 Å². The number of carbonyl (C=O) groups is 2. The first-order valence-corrected chi connectivity index (χ1v) is 5.32. The molecule has 2 atom stereocenters. The van der Waals surface area contributed by atoms with E-state index in [4.69, 9.17) is 0 Å². The highest BCUT2D eigenvalue weighted by Crippen LogP contribution is 2.26. The maximum Gasteiger partial charge on any atom is 0.338 e. The lowest BCUT2D eigenvalue weighted by atomic mass is 9.98. The van der Waals surface area contributed by atoms with Gasteiger partial charge in [0.1, 0.15) is 11.9 Å². The molecule has 0 saturated carbocycles. The van der Waals surface area contributed by atoms with Crippen molar-refractivity contribution < 1.29 is 29.6 Å². The molecule has 0 amide bonds. The molecular formula is C12H14O6. The molecular weight excluding hydrogens is 240 g/mol. The number of phenols is 1. The Balaban J connectivity index is 3.03. The number of hydrogen-bond donors (Lipinski definition) is 3. The van der Waals surface area contributed by atoms with Crippen LogP contribution in [-0.2, 0) is 9.53 Å². The average molecular weight is 254 g/mol. The third-order valence-electron chi connectivity index (χ3n) is 2.38. The van der Waals surface area contributed by atoms with Crippen LogP contribution < -0.4 is 0 Å². The van der Waals surface area contributed by atoms with Crippen LogP contribution in [0.15, 0.2) is 18.2 Å². The maximum absolute atomic E-state index is 11.3. The van der Waals surface area contributed by atoms with Crippen molar-refractivity contribution in [2.45, 2.75) is 19.1 Å². The Bertz CT molecular complexity index is 442. The van der Waals surface area contributed by atoms with E-state index in [9.17, 15) is 24.9 Å². The number of phenolic OH excluding ortho intramolecular Hbond substituents is 1. The molecule has 0 spiro atoms. The Hall–Kier alpha value is -1.92. The molecule has 0 fully saturated rings. The normalized spacial score (nSPS) is 13.7. The van der Waals surface area contributed by atoms with Crippen molar-refractivity contribution in [2.75, 3.05) is 6.61 Å². The van der Waals surface area contributed by atoms with Gasteiger partial charge < -0.3 is 20.1 Å². The van der Waals surface area contributed by atoms with Crippen LogP contribution in [-0.4, -0.2) is 40.3 Å². The highest BCUT2D eigenvalue weighted by molar-refractivity contribution is 5.83. The van der Waals surface area contributed by atoms with E-state index in [0.717, 1.165) is 0 Å². The molecule has 0 aliphatic heterocycles. The van der Waals surface area contributed by atoms with E-state index in [1.807, 2.05) is 0 Å². The number of aliphatic hydroxyl groups is 2. The number of aliphatic hydroxyl groups excluding tert-OH is 2. The first-order chi connectivity index (χ1) is 8.52. The summed E-state index contributed by atoms with van der Waals surface area (Å²) in [6.45, 7) is 1.62. The van der Waals surface area contributed by atoms with E-state index in [1.165, 1.54) is 18.2 Å². The Labute approximate surface area is 103 Å². The van der Waals surface area contributed by atoms with Crippen LogP contribution in [0.25, 0.3) is 0 Å². The molecule has 2 unspecified atom stereocenters. The molecule has 18 heavy (non-hydrogen) atoms. The summed E-state index contributed by atoms with van der Waals surface area (Å²) in [6.07, 6.45) is -3.12. The molecule has 0 aliphatic carbocycles. The van der Waals surface area contributed by atoms with Gasteiger partial charge in [-0.15, -0.1) is 0 Å². The van der Waals surface area contributed by atoms with Crippen LogP contribution >= 0.6 is 0 Å². The van der Waals surface area contributed by atoms with Gasteiger partial charge in [0.05, 0.1) is 12.2 Å². The van der Waals surface area contributed by atoms with Gasteiger partial charge in [-0.1, -0.05) is 12.1 Å². The van der Waals surface area contributed by atoms with Crippen LogP contribution in [0.2, 0.25) is 0 Å². The molecule has 0 bridgehead atoms. The van der Waals surface area contributed by atoms with E-state index in [0.29, 0.717) is 6.29 Å². The molecule has 0 aromatic heterocycles. The van der Waals surface area contributed by atoms with Crippen molar-refractivity contribution in [1.29, 1.82) is 0 Å². The molecule has 1 aromatic rings. The molecule has 1 rings (SSSR count). The smallest absolute Gasteiger partial charge is 0.338 e. The molecule has 0 aliphatic rings. The summed E-state index contributed by atoms with van der Waals surface area (Å²) in [7, 11) is 0. The minimum absolute atomic E-state index is 0.0365. The summed E-state index contributed by atoms with van der Waals surface area (Å²) in [5, 5.41) is 28.8. The predicted molar refractivity (Wildman–Crippen MR) is 61.1 cm³/mol. The number of aromatic hydroxyl groups is 1. The van der Waals surface area contributed by atoms with Gasteiger partial charge in [0.2, 0.25) is 0 Å². The summed E-state index contributed by atoms with van der Waals surface area (Å²) in [4.78, 5) is 22.1. The molecule has 6 nitrogen and oxygen atoms in total. The van der Waals surface area contributed by atoms with Crippen molar-refractivity contribution in [3.05, 3.63) is 29.3 Å². The third kappa shape index (κ3) is 2.85. The van der Waals surface area contributed by atoms with E-state index < -0.39 is 18.2 Å². The lowest BCUT2D eigenvalue weighted by molar-refractivity contribution is -0.159. The first-order valence-electron chi connectivity index (χ1n) is 5.32. The first kappa shape index (κ1) is 14.1. The van der Waals surface area contributed by atoms with Crippen molar-refractivity contribution in [1.82, 2.24) is 0 Å². The second kappa shape index (κ2) is 6.13. The minimum Gasteiger partial charge on any atom is -0.507 e. The van der Waals surface area contributed by atoms with Gasteiger partial charge in [-0.3, -0.25) is 4.79 Å². The summed E-state index contributed by atoms with van der Waals surface area (Å²) < 4.78 is 4.55. The van der Waals surface area contributed by atoms with E-state index in [1.54, 1.807) is 6.92 Å². The van der Waals surface area contributed by atoms with Crippen molar-refractivity contribution in [3.8, 4) is 5.75 Å². The third-order valence-corrected chi connectivity index (χ3v) is 2.38. The fourth-order valence-electron chi connectivity index (χ4n) is 1.48. The number of esters is 1. The zero-order valence-electron chi connectivity index (χ0n) is 9.74. The molecule has 6 heteroatoms. The van der Waals surface area contributed by atoms with Crippen LogP contribution in [0.5, 0.6) is 5.75 Å². The lowest BCUT2D eigenvalue weighted by Gasteiger charge is -2.18. The SMILES string of the molecule is CCOC(=O)C(O)C(O)c1cccc(O)c1C=O. The number of aldehydes is 1. The quantitative estimate of drug-likeness (QED) is 0.511. The average Bonchev–Trinajstić information content (AvgIpc) is 2.37. The molecule has 3 N–H and O–H groups in total. The standard InChI is InChI=1S/C12H14O6/c1-2-18-12(17)11(16)10(15)7-4-3-5-9(14)8(7)6-13/h3-6,10-11,14-16H,2H2,1H3. The zero-order valence-corrected chi connectivity index (χ0v) is 9.74. The summed E-state index contributed by atoms with van der Waals surface area (Å²) in [5.41, 5.74) is -0.209. The Morgan fingerprint density at radius 1 is 1.44 bits per heavy atom. The summed E-state index contributed by atoms with van der Waals surface area (Å²) in [5.74, 6) is -1.33. The fraction of sp³-hybridized carbons (Fsp3) is 0.333. The fourth-order valence-corrected chi connectivity index (χ4v) is 1.48. The van der Waals surface area contributed by atoms with Crippen LogP contribution in [0.3, 0.4) is 0 Å². The van der Waals surface area contributed by atoms with Crippen molar-refractivity contribution >= 4 is 12.3 Å². The number of rotatable bonds is 5. The highest BCUT2D eigenvalue weighted by Gasteiger charge is 2.29. The van der Waals surface area contributed by atoms with Gasteiger partial charge >= 0.3 is 5.97 Å².